The van der Waals surface area contributed by atoms with E-state index < -0.39 is 23.2 Å². The molecule has 0 aliphatic heterocycles. The third kappa shape index (κ3) is 4.00. The molecule has 2 saturated carbocycles. The van der Waals surface area contributed by atoms with Crippen molar-refractivity contribution in [2.45, 2.75) is 62.4 Å². The molecule has 0 aromatic carbocycles. The van der Waals surface area contributed by atoms with E-state index in [1.54, 1.807) is 11.1 Å². The first-order valence-corrected chi connectivity index (χ1v) is 12.5. The largest absolute Gasteiger partial charge is 1.00 e. The first-order valence-electron chi connectivity index (χ1n) is 9.86. The van der Waals surface area contributed by atoms with Crippen molar-refractivity contribution in [3.63, 3.8) is 0 Å². The van der Waals surface area contributed by atoms with E-state index >= 15 is 0 Å². The van der Waals surface area contributed by atoms with Crippen molar-refractivity contribution in [3.05, 3.63) is 44.8 Å². The number of halogens is 2. The van der Waals surface area contributed by atoms with Gasteiger partial charge in [-0.1, -0.05) is 0 Å². The summed E-state index contributed by atoms with van der Waals surface area (Å²) in [5.74, 6) is 3.87. The molecule has 0 amide bonds. The van der Waals surface area contributed by atoms with Gasteiger partial charge in [0, 0.05) is 0 Å². The monoisotopic (exact) mass is 454 g/mol. The number of hydrogen-bond acceptors (Lipinski definition) is 0. The van der Waals surface area contributed by atoms with Gasteiger partial charge in [0.2, 0.25) is 0 Å². The van der Waals surface area contributed by atoms with Crippen molar-refractivity contribution in [2.24, 2.45) is 23.7 Å². The van der Waals surface area contributed by atoms with Crippen LogP contribution in [-0.2, 0) is 23.2 Å². The van der Waals surface area contributed by atoms with Gasteiger partial charge < -0.3 is 24.8 Å². The molecule has 0 nitrogen and oxygen atoms in total. The van der Waals surface area contributed by atoms with Crippen LogP contribution in [0.2, 0.25) is 3.63 Å². The quantitative estimate of drug-likeness (QED) is 0.576. The van der Waals surface area contributed by atoms with Crippen LogP contribution in [0.3, 0.4) is 0 Å². The van der Waals surface area contributed by atoms with Gasteiger partial charge in [0.1, 0.15) is 0 Å². The molecule has 5 unspecified atom stereocenters. The predicted octanol–water partition coefficient (Wildman–Crippen LogP) is 0.448. The minimum atomic E-state index is -0.461. The van der Waals surface area contributed by atoms with Crippen molar-refractivity contribution in [3.8, 4) is 0 Å². The van der Waals surface area contributed by atoms with Crippen molar-refractivity contribution >= 4 is 0 Å². The minimum Gasteiger partial charge on any atom is -1.00 e. The van der Waals surface area contributed by atoms with Crippen LogP contribution in [0.5, 0.6) is 0 Å². The Labute approximate surface area is 178 Å². The molecule has 0 aromatic heterocycles. The van der Waals surface area contributed by atoms with Gasteiger partial charge in [-0.2, -0.15) is 0 Å². The SMILES string of the molecule is CCC1=CC[C]([Zr+2][CH]2C3C=CC=CC3C3CCCCC32)=C1CC.[Cl-].[Cl-]. The van der Waals surface area contributed by atoms with Gasteiger partial charge in [-0.15, -0.1) is 0 Å². The Morgan fingerprint density at radius 1 is 0.920 bits per heavy atom. The molecule has 0 bridgehead atoms. The molecule has 25 heavy (non-hydrogen) atoms. The summed E-state index contributed by atoms with van der Waals surface area (Å²) in [5.41, 5.74) is 3.49. The number of fused-ring (bicyclic) bond motifs is 3. The van der Waals surface area contributed by atoms with Crippen LogP contribution < -0.4 is 24.8 Å². The van der Waals surface area contributed by atoms with Gasteiger partial charge in [-0.05, 0) is 0 Å². The molecule has 136 valence electrons. The molecule has 4 aliphatic rings. The Hall–Kier alpha value is 0.423. The first kappa shape index (κ1) is 21.7. The summed E-state index contributed by atoms with van der Waals surface area (Å²) < 4.78 is 3.04. The summed E-state index contributed by atoms with van der Waals surface area (Å²) in [6.45, 7) is 4.72. The Balaban J connectivity index is 0.00000113. The Morgan fingerprint density at radius 2 is 1.60 bits per heavy atom. The molecular weight excluding hydrogens is 426 g/mol. The van der Waals surface area contributed by atoms with Gasteiger partial charge in [-0.25, -0.2) is 0 Å². The summed E-state index contributed by atoms with van der Waals surface area (Å²) in [6, 6.07) is 0. The maximum atomic E-state index is 2.60. The maximum Gasteiger partial charge on any atom is -1.00 e. The Morgan fingerprint density at radius 3 is 2.28 bits per heavy atom. The summed E-state index contributed by atoms with van der Waals surface area (Å²) in [7, 11) is 0. The molecule has 3 heteroatoms. The van der Waals surface area contributed by atoms with Gasteiger partial charge in [0.15, 0.2) is 0 Å². The standard InChI is InChI=1S/C13H17.C9H13.2ClH.Zr/c1-3-7-12-10(5-1)9-11-6-2-4-8-13(11)12;1-3-8-6-5-7-9(8)4-2;;;/h1,3,5,7,9-13H,2,4,6,8H2;6H,3-5H2,1-2H3;2*1H;/q;;;;+2/p-2. The summed E-state index contributed by atoms with van der Waals surface area (Å²) in [6.07, 6.45) is 22.3. The molecule has 5 atom stereocenters. The smallest absolute Gasteiger partial charge is 1.00 e. The average molecular weight is 457 g/mol. The number of rotatable bonds is 4. The molecule has 0 spiro atoms. The van der Waals surface area contributed by atoms with Gasteiger partial charge in [0.25, 0.3) is 0 Å². The molecular formula is C22H30Cl2Zr. The van der Waals surface area contributed by atoms with Crippen molar-refractivity contribution in [2.75, 3.05) is 0 Å². The zero-order valence-corrected chi connectivity index (χ0v) is 19.4. The second-order valence-corrected chi connectivity index (χ2v) is 11.6. The van der Waals surface area contributed by atoms with E-state index in [-0.39, 0.29) is 24.8 Å². The topological polar surface area (TPSA) is 0 Å². The Kier molecular flexibility index (Phi) is 8.31. The second-order valence-electron chi connectivity index (χ2n) is 7.80. The fraction of sp³-hybridized carbons (Fsp3) is 0.636. The van der Waals surface area contributed by atoms with Crippen LogP contribution in [0.1, 0.15) is 58.8 Å². The maximum absolute atomic E-state index is 2.60. The summed E-state index contributed by atoms with van der Waals surface area (Å²) >= 11 is -0.461. The van der Waals surface area contributed by atoms with Crippen LogP contribution in [-0.4, -0.2) is 0 Å². The molecule has 4 rings (SSSR count). The average Bonchev–Trinajstić information content (AvgIpc) is 3.15. The fourth-order valence-electron chi connectivity index (χ4n) is 5.84. The third-order valence-corrected chi connectivity index (χ3v) is 11.8. The first-order chi connectivity index (χ1) is 11.3. The van der Waals surface area contributed by atoms with Gasteiger partial charge in [0.05, 0.1) is 0 Å². The third-order valence-electron chi connectivity index (χ3n) is 6.85. The van der Waals surface area contributed by atoms with E-state index in [0.29, 0.717) is 0 Å². The summed E-state index contributed by atoms with van der Waals surface area (Å²) in [5, 5.41) is 0. The van der Waals surface area contributed by atoms with E-state index in [4.69, 9.17) is 0 Å². The van der Waals surface area contributed by atoms with Gasteiger partial charge in [-0.3, -0.25) is 0 Å². The van der Waals surface area contributed by atoms with Crippen molar-refractivity contribution in [1.29, 1.82) is 0 Å². The van der Waals surface area contributed by atoms with E-state index in [9.17, 15) is 0 Å². The van der Waals surface area contributed by atoms with Crippen LogP contribution in [0.4, 0.5) is 0 Å². The molecule has 0 heterocycles. The molecule has 2 fully saturated rings. The number of allylic oxidation sites excluding steroid dienone is 8. The van der Waals surface area contributed by atoms with E-state index in [0.717, 1.165) is 27.3 Å². The van der Waals surface area contributed by atoms with Gasteiger partial charge >= 0.3 is 154 Å². The normalized spacial score (nSPS) is 35.3. The molecule has 4 aliphatic carbocycles. The van der Waals surface area contributed by atoms with Crippen LogP contribution >= 0.6 is 0 Å². The second kappa shape index (κ2) is 9.57. The van der Waals surface area contributed by atoms with Crippen molar-refractivity contribution in [1.82, 2.24) is 0 Å². The zero-order valence-electron chi connectivity index (χ0n) is 15.5. The number of hydrogen-bond donors (Lipinski definition) is 0. The zero-order chi connectivity index (χ0) is 15.8. The fourth-order valence-corrected chi connectivity index (χ4v) is 11.5. The van der Waals surface area contributed by atoms with Crippen LogP contribution in [0.25, 0.3) is 0 Å². The molecule has 0 aromatic rings. The van der Waals surface area contributed by atoms with E-state index in [1.807, 2.05) is 3.28 Å². The van der Waals surface area contributed by atoms with E-state index in [1.165, 1.54) is 44.9 Å². The van der Waals surface area contributed by atoms with Crippen LogP contribution in [0, 0.1) is 23.7 Å². The minimum absolute atomic E-state index is 0. The predicted molar refractivity (Wildman–Crippen MR) is 94.8 cm³/mol. The summed E-state index contributed by atoms with van der Waals surface area (Å²) in [4.78, 5) is 0. The van der Waals surface area contributed by atoms with Crippen LogP contribution in [0.15, 0.2) is 44.8 Å². The van der Waals surface area contributed by atoms with E-state index in [2.05, 4.69) is 44.2 Å². The molecule has 0 N–H and O–H groups in total. The molecule has 0 saturated heterocycles. The van der Waals surface area contributed by atoms with Crippen molar-refractivity contribution < 1.29 is 48.0 Å². The Bertz CT molecular complexity index is 587. The molecule has 0 radical (unpaired) electrons.